The van der Waals surface area contributed by atoms with Gasteiger partial charge in [-0.05, 0) is 41.5 Å². The van der Waals surface area contributed by atoms with Crippen LogP contribution in [0.1, 0.15) is 11.1 Å². The maximum absolute atomic E-state index is 2.25. The number of fused-ring (bicyclic) bond motifs is 2. The quantitative estimate of drug-likeness (QED) is 0.452. The topological polar surface area (TPSA) is 0 Å². The smallest absolute Gasteiger partial charge is 0.0169 e. The molecule has 3 aromatic rings. The summed E-state index contributed by atoms with van der Waals surface area (Å²) in [7, 11) is 0. The normalized spacial score (nSPS) is 12.6. The first-order valence-electron chi connectivity index (χ1n) is 7.01. The molecule has 0 aromatic heterocycles. The Kier molecular flexibility index (Phi) is 3.50. The predicted molar refractivity (Wildman–Crippen MR) is 90.4 cm³/mol. The average molecular weight is 306 g/mol. The van der Waals surface area contributed by atoms with Crippen molar-refractivity contribution in [2.45, 2.75) is 26.0 Å². The summed E-state index contributed by atoms with van der Waals surface area (Å²) in [6.45, 7) is 0. The third-order valence-corrected chi connectivity index (χ3v) is 5.95. The van der Waals surface area contributed by atoms with E-state index in [0.717, 1.165) is 6.42 Å². The van der Waals surface area contributed by atoms with Gasteiger partial charge in [-0.2, -0.15) is 0 Å². The van der Waals surface area contributed by atoms with Gasteiger partial charge in [-0.15, -0.1) is 0 Å². The van der Waals surface area contributed by atoms with E-state index >= 15 is 0 Å². The van der Waals surface area contributed by atoms with Gasteiger partial charge in [-0.3, -0.25) is 0 Å². The van der Waals surface area contributed by atoms with Crippen molar-refractivity contribution < 1.29 is 0 Å². The number of rotatable bonds is 2. The molecule has 1 aliphatic heterocycles. The molecule has 0 atom stereocenters. The van der Waals surface area contributed by atoms with E-state index in [2.05, 4.69) is 72.8 Å². The lowest BCUT2D eigenvalue weighted by Crippen LogP contribution is -2.00. The zero-order valence-corrected chi connectivity index (χ0v) is 13.1. The monoisotopic (exact) mass is 306 g/mol. The highest BCUT2D eigenvalue weighted by Crippen LogP contribution is 2.44. The Bertz CT molecular complexity index is 779. The third-order valence-electron chi connectivity index (χ3n) is 3.62. The molecular weight excluding hydrogens is 292 g/mol. The lowest BCUT2D eigenvalue weighted by Gasteiger charge is -2.21. The minimum absolute atomic E-state index is 1.04. The summed E-state index contributed by atoms with van der Waals surface area (Å²) in [4.78, 5) is 5.47. The van der Waals surface area contributed by atoms with E-state index in [1.807, 2.05) is 23.5 Å². The molecule has 0 N–H and O–H groups in total. The summed E-state index contributed by atoms with van der Waals surface area (Å²) in [6.07, 6.45) is 1.04. The molecule has 0 unspecified atom stereocenters. The van der Waals surface area contributed by atoms with Crippen LogP contribution in [-0.2, 0) is 6.42 Å². The minimum Gasteiger partial charge on any atom is -0.0898 e. The van der Waals surface area contributed by atoms with Crippen molar-refractivity contribution in [3.8, 4) is 0 Å². The summed E-state index contributed by atoms with van der Waals surface area (Å²) in [5, 5.41) is 0. The van der Waals surface area contributed by atoms with Gasteiger partial charge < -0.3 is 0 Å². The summed E-state index contributed by atoms with van der Waals surface area (Å²) in [5.74, 6) is 0. The van der Waals surface area contributed by atoms with Crippen LogP contribution in [0.2, 0.25) is 0 Å². The minimum atomic E-state index is 1.04. The van der Waals surface area contributed by atoms with Crippen LogP contribution >= 0.6 is 23.5 Å². The van der Waals surface area contributed by atoms with Crippen molar-refractivity contribution in [3.05, 3.63) is 83.9 Å². The zero-order chi connectivity index (χ0) is 14.1. The van der Waals surface area contributed by atoms with Crippen LogP contribution in [-0.4, -0.2) is 0 Å². The van der Waals surface area contributed by atoms with Crippen molar-refractivity contribution in [3.63, 3.8) is 0 Å². The molecule has 1 aliphatic rings. The second-order valence-electron chi connectivity index (χ2n) is 5.03. The molecule has 2 heteroatoms. The van der Waals surface area contributed by atoms with Crippen LogP contribution in [0.15, 0.2) is 92.4 Å². The van der Waals surface area contributed by atoms with Crippen molar-refractivity contribution in [1.29, 1.82) is 0 Å². The van der Waals surface area contributed by atoms with Crippen molar-refractivity contribution in [1.82, 2.24) is 0 Å². The van der Waals surface area contributed by atoms with Crippen LogP contribution in [0.25, 0.3) is 0 Å². The molecule has 0 aliphatic carbocycles. The van der Waals surface area contributed by atoms with E-state index < -0.39 is 0 Å². The van der Waals surface area contributed by atoms with Crippen LogP contribution < -0.4 is 0 Å². The second kappa shape index (κ2) is 5.63. The highest BCUT2D eigenvalue weighted by molar-refractivity contribution is 8.00. The summed E-state index contributed by atoms with van der Waals surface area (Å²) in [5.41, 5.74) is 2.91. The van der Waals surface area contributed by atoms with Crippen LogP contribution in [0.3, 0.4) is 0 Å². The lowest BCUT2D eigenvalue weighted by atomic mass is 10.0. The fourth-order valence-electron chi connectivity index (χ4n) is 2.58. The summed E-state index contributed by atoms with van der Waals surface area (Å²) >= 11 is 3.76. The highest BCUT2D eigenvalue weighted by atomic mass is 32.2. The van der Waals surface area contributed by atoms with E-state index in [1.54, 1.807) is 0 Å². The third kappa shape index (κ3) is 2.61. The molecule has 0 saturated carbocycles. The van der Waals surface area contributed by atoms with Gasteiger partial charge in [0.1, 0.15) is 0 Å². The van der Waals surface area contributed by atoms with Crippen molar-refractivity contribution in [2.24, 2.45) is 0 Å². The lowest BCUT2D eigenvalue weighted by molar-refractivity contribution is 1.01. The fraction of sp³-hybridized carbons (Fsp3) is 0.0526. The molecule has 102 valence electrons. The van der Waals surface area contributed by atoms with Gasteiger partial charge in [-0.1, -0.05) is 66.0 Å². The number of hydrogen-bond acceptors (Lipinski definition) is 2. The Labute approximate surface area is 133 Å². The molecule has 0 saturated heterocycles. The Morgan fingerprint density at radius 1 is 0.714 bits per heavy atom. The number of benzene rings is 3. The van der Waals surface area contributed by atoms with Gasteiger partial charge in [0.05, 0.1) is 0 Å². The fourth-order valence-corrected chi connectivity index (χ4v) is 4.76. The average Bonchev–Trinajstić information content (AvgIpc) is 2.54. The van der Waals surface area contributed by atoms with Crippen molar-refractivity contribution in [2.75, 3.05) is 0 Å². The molecule has 0 amide bonds. The largest absolute Gasteiger partial charge is 0.0898 e. The summed E-state index contributed by atoms with van der Waals surface area (Å²) < 4.78 is 0. The Morgan fingerprint density at radius 2 is 1.48 bits per heavy atom. The van der Waals surface area contributed by atoms with E-state index in [9.17, 15) is 0 Å². The van der Waals surface area contributed by atoms with E-state index in [4.69, 9.17) is 0 Å². The van der Waals surface area contributed by atoms with Crippen LogP contribution in [0.4, 0.5) is 0 Å². The number of hydrogen-bond donors (Lipinski definition) is 0. The summed E-state index contributed by atoms with van der Waals surface area (Å²) in [6, 6.07) is 26.0. The zero-order valence-electron chi connectivity index (χ0n) is 11.5. The molecule has 0 radical (unpaired) electrons. The molecule has 21 heavy (non-hydrogen) atoms. The first-order chi connectivity index (χ1) is 10.4. The Hall–Kier alpha value is -1.64. The van der Waals surface area contributed by atoms with Crippen molar-refractivity contribution >= 4 is 23.5 Å². The molecule has 4 rings (SSSR count). The van der Waals surface area contributed by atoms with Gasteiger partial charge >= 0.3 is 0 Å². The maximum Gasteiger partial charge on any atom is 0.0169 e. The van der Waals surface area contributed by atoms with E-state index in [0.29, 0.717) is 0 Å². The van der Waals surface area contributed by atoms with Crippen LogP contribution in [0.5, 0.6) is 0 Å². The molecule has 0 bridgehead atoms. The van der Waals surface area contributed by atoms with Crippen LogP contribution in [0, 0.1) is 0 Å². The molecule has 0 fully saturated rings. The maximum atomic E-state index is 2.25. The first-order valence-corrected chi connectivity index (χ1v) is 8.64. The van der Waals surface area contributed by atoms with Gasteiger partial charge in [0.15, 0.2) is 0 Å². The van der Waals surface area contributed by atoms with E-state index in [-0.39, 0.29) is 0 Å². The van der Waals surface area contributed by atoms with Gasteiger partial charge in [0.2, 0.25) is 0 Å². The van der Waals surface area contributed by atoms with Gasteiger partial charge in [-0.25, -0.2) is 0 Å². The Morgan fingerprint density at radius 3 is 2.38 bits per heavy atom. The molecule has 0 spiro atoms. The van der Waals surface area contributed by atoms with Gasteiger partial charge in [0, 0.05) is 26.0 Å². The molecule has 3 aromatic carbocycles. The van der Waals surface area contributed by atoms with E-state index in [1.165, 1.54) is 30.7 Å². The molecule has 0 nitrogen and oxygen atoms in total. The standard InChI is InChI=1S/C19H14S2/c1-2-8-15(9-3-1)20-18-11-6-12-19-16(18)13-14-7-4-5-10-17(14)21-19/h1-12H,13H2. The second-order valence-corrected chi connectivity index (χ2v) is 7.23. The highest BCUT2D eigenvalue weighted by Gasteiger charge is 2.18. The van der Waals surface area contributed by atoms with Gasteiger partial charge in [0.25, 0.3) is 0 Å². The molecule has 1 heterocycles. The predicted octanol–water partition coefficient (Wildman–Crippen LogP) is 5.89. The first kappa shape index (κ1) is 13.1. The SMILES string of the molecule is c1ccc(Sc2cccc3c2Cc2ccccc2S3)cc1. The molecular formula is C19H14S2. The Balaban J connectivity index is 1.73.